The maximum Gasteiger partial charge on any atom is 0.226 e. The van der Waals surface area contributed by atoms with Crippen molar-refractivity contribution in [1.29, 1.82) is 0 Å². The SMILES string of the molecule is CCc1ccccc1NC(=O)CCN1C(=S)NC(c2ccccn2)C1c1cc(C)n(-c2ccc(O)cc2)c1C. The minimum atomic E-state index is -0.170. The number of carbonyl (C=O) groups excluding carboxylic acids is 1. The van der Waals surface area contributed by atoms with Gasteiger partial charge in [0.1, 0.15) is 5.75 Å². The molecule has 0 spiro atoms. The lowest BCUT2D eigenvalue weighted by molar-refractivity contribution is -0.116. The molecule has 0 bridgehead atoms. The molecule has 7 nitrogen and oxygen atoms in total. The van der Waals surface area contributed by atoms with Crippen LogP contribution in [-0.2, 0) is 11.2 Å². The first-order valence-corrected chi connectivity index (χ1v) is 13.6. The zero-order chi connectivity index (χ0) is 27.5. The average molecular weight is 540 g/mol. The molecule has 39 heavy (non-hydrogen) atoms. The van der Waals surface area contributed by atoms with Gasteiger partial charge < -0.3 is 25.2 Å². The Morgan fingerprint density at radius 3 is 2.54 bits per heavy atom. The summed E-state index contributed by atoms with van der Waals surface area (Å²) in [6.45, 7) is 6.71. The molecule has 2 unspecified atom stereocenters. The summed E-state index contributed by atoms with van der Waals surface area (Å²) in [7, 11) is 0. The van der Waals surface area contributed by atoms with Gasteiger partial charge in [-0.1, -0.05) is 31.2 Å². The molecule has 0 saturated carbocycles. The minimum absolute atomic E-state index is 0.0479. The molecular formula is C31H33N5O2S. The highest BCUT2D eigenvalue weighted by Gasteiger charge is 2.41. The molecular weight excluding hydrogens is 506 g/mol. The lowest BCUT2D eigenvalue weighted by Gasteiger charge is -2.28. The Bertz CT molecular complexity index is 1480. The Balaban J connectivity index is 1.46. The maximum atomic E-state index is 13.0. The van der Waals surface area contributed by atoms with E-state index < -0.39 is 0 Å². The first-order chi connectivity index (χ1) is 18.9. The van der Waals surface area contributed by atoms with E-state index >= 15 is 0 Å². The zero-order valence-electron chi connectivity index (χ0n) is 22.4. The average Bonchev–Trinajstić information content (AvgIpc) is 3.43. The van der Waals surface area contributed by atoms with Gasteiger partial charge in [-0.05, 0) is 92.1 Å². The third-order valence-corrected chi connectivity index (χ3v) is 7.70. The number of thiocarbonyl (C=S) groups is 1. The number of carbonyl (C=O) groups is 1. The van der Waals surface area contributed by atoms with Gasteiger partial charge >= 0.3 is 0 Å². The van der Waals surface area contributed by atoms with E-state index in [1.807, 2.05) is 54.6 Å². The number of phenols is 1. The molecule has 8 heteroatoms. The molecule has 1 aliphatic heterocycles. The number of aryl methyl sites for hydroxylation is 2. The van der Waals surface area contributed by atoms with Gasteiger partial charge in [0.15, 0.2) is 5.11 Å². The molecule has 4 aromatic rings. The Labute approximate surface area is 234 Å². The fourth-order valence-corrected chi connectivity index (χ4v) is 5.79. The summed E-state index contributed by atoms with van der Waals surface area (Å²) < 4.78 is 2.18. The highest BCUT2D eigenvalue weighted by Crippen LogP contribution is 2.41. The molecule has 1 fully saturated rings. The maximum absolute atomic E-state index is 13.0. The summed E-state index contributed by atoms with van der Waals surface area (Å²) in [4.78, 5) is 19.8. The summed E-state index contributed by atoms with van der Waals surface area (Å²) in [5, 5.41) is 17.0. The van der Waals surface area contributed by atoms with Gasteiger partial charge in [-0.15, -0.1) is 0 Å². The molecule has 2 aromatic carbocycles. The van der Waals surface area contributed by atoms with Crippen molar-refractivity contribution < 1.29 is 9.90 Å². The largest absolute Gasteiger partial charge is 0.508 e. The van der Waals surface area contributed by atoms with E-state index in [4.69, 9.17) is 12.2 Å². The van der Waals surface area contributed by atoms with Gasteiger partial charge in [0.2, 0.25) is 5.91 Å². The molecule has 2 atom stereocenters. The van der Waals surface area contributed by atoms with Crippen LogP contribution in [0.25, 0.3) is 5.69 Å². The minimum Gasteiger partial charge on any atom is -0.508 e. The van der Waals surface area contributed by atoms with Crippen LogP contribution in [0.3, 0.4) is 0 Å². The van der Waals surface area contributed by atoms with Crippen molar-refractivity contribution in [3.8, 4) is 11.4 Å². The second-order valence-electron chi connectivity index (χ2n) is 9.81. The first kappa shape index (κ1) is 26.4. The highest BCUT2D eigenvalue weighted by atomic mass is 32.1. The van der Waals surface area contributed by atoms with Crippen molar-refractivity contribution >= 4 is 28.9 Å². The summed E-state index contributed by atoms with van der Waals surface area (Å²) in [6.07, 6.45) is 2.93. The van der Waals surface area contributed by atoms with E-state index in [-0.39, 0.29) is 23.7 Å². The van der Waals surface area contributed by atoms with E-state index in [2.05, 4.69) is 51.9 Å². The van der Waals surface area contributed by atoms with E-state index in [1.54, 1.807) is 18.3 Å². The fourth-order valence-electron chi connectivity index (χ4n) is 5.46. The quantitative estimate of drug-likeness (QED) is 0.247. The number of aromatic nitrogens is 2. The van der Waals surface area contributed by atoms with Crippen LogP contribution < -0.4 is 10.6 Å². The molecule has 200 valence electrons. The van der Waals surface area contributed by atoms with Gasteiger partial charge in [-0.2, -0.15) is 0 Å². The lowest BCUT2D eigenvalue weighted by atomic mass is 9.96. The van der Waals surface area contributed by atoms with E-state index in [0.29, 0.717) is 18.1 Å². The predicted octanol–water partition coefficient (Wildman–Crippen LogP) is 5.76. The van der Waals surface area contributed by atoms with Crippen LogP contribution in [0.2, 0.25) is 0 Å². The molecule has 0 radical (unpaired) electrons. The number of phenolic OH excluding ortho intramolecular Hbond substituents is 1. The fraction of sp³-hybridized carbons (Fsp3) is 0.258. The van der Waals surface area contributed by atoms with Crippen molar-refractivity contribution in [2.75, 3.05) is 11.9 Å². The summed E-state index contributed by atoms with van der Waals surface area (Å²) in [5.74, 6) is 0.182. The number of rotatable bonds is 8. The standard InChI is InChI=1S/C31H33N5O2S/c1-4-22-9-5-6-10-26(22)33-28(38)16-18-35-30(29(34-31(35)39)27-11-7-8-17-32-27)25-19-20(2)36(21(25)3)23-12-14-24(37)15-13-23/h5-15,17,19,29-30,37H,4,16,18H2,1-3H3,(H,33,38)(H,34,39). The zero-order valence-corrected chi connectivity index (χ0v) is 23.2. The molecule has 5 rings (SSSR count). The van der Waals surface area contributed by atoms with Crippen molar-refractivity contribution in [1.82, 2.24) is 19.8 Å². The third kappa shape index (κ3) is 5.38. The van der Waals surface area contributed by atoms with E-state index in [0.717, 1.165) is 46.0 Å². The highest BCUT2D eigenvalue weighted by molar-refractivity contribution is 7.80. The van der Waals surface area contributed by atoms with Gasteiger partial charge in [0, 0.05) is 41.9 Å². The Kier molecular flexibility index (Phi) is 7.65. The smallest absolute Gasteiger partial charge is 0.226 e. The first-order valence-electron chi connectivity index (χ1n) is 13.2. The second-order valence-corrected chi connectivity index (χ2v) is 10.2. The lowest BCUT2D eigenvalue weighted by Crippen LogP contribution is -2.33. The van der Waals surface area contributed by atoms with Crippen LogP contribution in [0.5, 0.6) is 5.75 Å². The number of anilines is 1. The molecule has 0 aliphatic carbocycles. The molecule has 1 saturated heterocycles. The summed E-state index contributed by atoms with van der Waals surface area (Å²) in [6, 6.07) is 22.8. The van der Waals surface area contributed by atoms with Gasteiger partial charge in [0.25, 0.3) is 0 Å². The Hall–Kier alpha value is -4.17. The molecule has 1 amide bonds. The van der Waals surface area contributed by atoms with Gasteiger partial charge in [0.05, 0.1) is 17.8 Å². The molecule has 3 heterocycles. The van der Waals surface area contributed by atoms with Crippen LogP contribution >= 0.6 is 12.2 Å². The number of pyridine rings is 1. The second kappa shape index (κ2) is 11.3. The third-order valence-electron chi connectivity index (χ3n) is 7.35. The van der Waals surface area contributed by atoms with Gasteiger partial charge in [-0.25, -0.2) is 0 Å². The Morgan fingerprint density at radius 1 is 1.08 bits per heavy atom. The number of amides is 1. The molecule has 1 aliphatic rings. The Morgan fingerprint density at radius 2 is 1.82 bits per heavy atom. The van der Waals surface area contributed by atoms with E-state index in [1.165, 1.54) is 0 Å². The van der Waals surface area contributed by atoms with Crippen LogP contribution in [0, 0.1) is 13.8 Å². The van der Waals surface area contributed by atoms with Crippen molar-refractivity contribution in [3.63, 3.8) is 0 Å². The normalized spacial score (nSPS) is 16.8. The van der Waals surface area contributed by atoms with Crippen molar-refractivity contribution in [2.45, 2.75) is 45.7 Å². The number of nitrogens with one attached hydrogen (secondary N) is 2. The summed E-state index contributed by atoms with van der Waals surface area (Å²) >= 11 is 5.83. The van der Waals surface area contributed by atoms with Crippen molar-refractivity contribution in [2.24, 2.45) is 0 Å². The predicted molar refractivity (Wildman–Crippen MR) is 158 cm³/mol. The van der Waals surface area contributed by atoms with E-state index in [9.17, 15) is 9.90 Å². The number of hydrogen-bond donors (Lipinski definition) is 3. The number of aromatic hydroxyl groups is 1. The monoisotopic (exact) mass is 539 g/mol. The number of para-hydroxylation sites is 1. The molecule has 3 N–H and O–H groups in total. The van der Waals surface area contributed by atoms with Crippen LogP contribution in [0.15, 0.2) is 79.0 Å². The summed E-state index contributed by atoms with van der Waals surface area (Å²) in [5.41, 5.74) is 7.08. The topological polar surface area (TPSA) is 82.4 Å². The number of hydrogen-bond acceptors (Lipinski definition) is 4. The van der Waals surface area contributed by atoms with Gasteiger partial charge in [-0.3, -0.25) is 9.78 Å². The van der Waals surface area contributed by atoms with Crippen LogP contribution in [0.1, 0.15) is 53.6 Å². The number of nitrogens with zero attached hydrogens (tertiary/aromatic N) is 3. The van der Waals surface area contributed by atoms with Crippen molar-refractivity contribution in [3.05, 3.63) is 107 Å². The molecule has 2 aromatic heterocycles. The van der Waals surface area contributed by atoms with Crippen LogP contribution in [0.4, 0.5) is 5.69 Å². The number of benzene rings is 2. The van der Waals surface area contributed by atoms with Crippen LogP contribution in [-0.4, -0.2) is 37.1 Å².